The first-order chi connectivity index (χ1) is 35.9. The third-order valence-electron chi connectivity index (χ3n) is 19.0. The summed E-state index contributed by atoms with van der Waals surface area (Å²) in [5.74, 6) is -2.34. The van der Waals surface area contributed by atoms with Gasteiger partial charge < -0.3 is 81.6 Å². The van der Waals surface area contributed by atoms with Crippen LogP contribution in [0.3, 0.4) is 0 Å². The maximum Gasteiger partial charge on any atom is 0.306 e. The van der Waals surface area contributed by atoms with Gasteiger partial charge in [-0.3, -0.25) is 14.4 Å². The lowest BCUT2D eigenvalue weighted by molar-refractivity contribution is -0.355. The van der Waals surface area contributed by atoms with E-state index in [0.717, 1.165) is 5.57 Å². The van der Waals surface area contributed by atoms with Crippen LogP contribution in [0.15, 0.2) is 11.6 Å². The van der Waals surface area contributed by atoms with Crippen molar-refractivity contribution in [3.63, 3.8) is 0 Å². The minimum Gasteiger partial charge on any atom is -0.458 e. The number of carbonyl (C=O) groups is 3. The summed E-state index contributed by atoms with van der Waals surface area (Å²) in [7, 11) is 6.27. The Morgan fingerprint density at radius 3 is 1.71 bits per heavy atom. The molecule has 19 unspecified atom stereocenters. The van der Waals surface area contributed by atoms with Gasteiger partial charge in [0.25, 0.3) is 0 Å². The van der Waals surface area contributed by atoms with Gasteiger partial charge in [-0.1, -0.05) is 39.3 Å². The van der Waals surface area contributed by atoms with Crippen LogP contribution in [0, 0.1) is 34.5 Å². The van der Waals surface area contributed by atoms with Crippen LogP contribution >= 0.6 is 0 Å². The van der Waals surface area contributed by atoms with Crippen molar-refractivity contribution in [2.45, 2.75) is 262 Å². The number of hydrogen-bond acceptors (Lipinski definition) is 20. The highest BCUT2D eigenvalue weighted by Crippen LogP contribution is 2.69. The van der Waals surface area contributed by atoms with E-state index in [9.17, 15) is 29.7 Å². The predicted octanol–water partition coefficient (Wildman–Crippen LogP) is 4.85. The minimum absolute atomic E-state index is 0.0132. The highest BCUT2D eigenvalue weighted by Gasteiger charge is 2.75. The molecule has 0 aromatic carbocycles. The second kappa shape index (κ2) is 24.1. The van der Waals surface area contributed by atoms with E-state index in [1.165, 1.54) is 21.0 Å². The van der Waals surface area contributed by atoms with Crippen LogP contribution in [0.1, 0.15) is 133 Å². The molecule has 4 aliphatic heterocycles. The Labute approximate surface area is 449 Å². The van der Waals surface area contributed by atoms with Crippen LogP contribution in [-0.2, 0) is 80.7 Å². The summed E-state index contributed by atoms with van der Waals surface area (Å²) in [6.45, 7) is 18.2. The summed E-state index contributed by atoms with van der Waals surface area (Å²) in [6.07, 6.45) is -6.82. The van der Waals surface area contributed by atoms with E-state index in [1.54, 1.807) is 28.3 Å². The van der Waals surface area contributed by atoms with Crippen LogP contribution in [0.4, 0.5) is 0 Å². The number of ether oxygens (including phenoxy) is 14. The number of esters is 2. The van der Waals surface area contributed by atoms with Crippen LogP contribution in [0.25, 0.3) is 0 Å². The summed E-state index contributed by atoms with van der Waals surface area (Å²) in [5, 5.41) is 34.5. The van der Waals surface area contributed by atoms with Crippen molar-refractivity contribution < 1.29 is 96.0 Å². The number of aliphatic hydroxyl groups is 3. The Morgan fingerprint density at radius 2 is 1.21 bits per heavy atom. The SMILES string of the molecule is COC1CC(O[C@H]2CC[C@@]3(C)C(=CC[C@@H]4C3C(OC(C)=O)[C@@H](OC(=O)CC(C)C)[C@]3(C)[C@@H](C(C)=O)CC[C@]43O)C2)OC(C)C1OC1CC(OC)C(OC2CC(OC)C(OC3OC(C)C(O)C(OC)C3O)C(C)O2)C(C)O1. The van der Waals surface area contributed by atoms with Gasteiger partial charge in [-0.05, 0) is 90.4 Å². The van der Waals surface area contributed by atoms with Gasteiger partial charge in [0.2, 0.25) is 0 Å². The molecule has 0 aromatic rings. The Kier molecular flexibility index (Phi) is 19.0. The van der Waals surface area contributed by atoms with Crippen molar-refractivity contribution in [3.8, 4) is 0 Å². The molecule has 76 heavy (non-hydrogen) atoms. The summed E-state index contributed by atoms with van der Waals surface area (Å²) in [6, 6.07) is 0. The van der Waals surface area contributed by atoms with Gasteiger partial charge in [-0.15, -0.1) is 0 Å². The van der Waals surface area contributed by atoms with Crippen LogP contribution < -0.4 is 0 Å². The monoisotopic (exact) mass is 1080 g/mol. The minimum atomic E-state index is -1.36. The molecule has 20 nitrogen and oxygen atoms in total. The topological polar surface area (TPSA) is 241 Å². The molecule has 434 valence electrons. The fourth-order valence-electron chi connectivity index (χ4n) is 15.1. The van der Waals surface area contributed by atoms with Gasteiger partial charge in [-0.2, -0.15) is 0 Å². The van der Waals surface area contributed by atoms with E-state index in [-0.39, 0.29) is 30.1 Å². The van der Waals surface area contributed by atoms with Crippen molar-refractivity contribution in [2.24, 2.45) is 34.5 Å². The number of ketones is 1. The second-order valence-electron chi connectivity index (χ2n) is 24.0. The van der Waals surface area contributed by atoms with Crippen LogP contribution in [-0.4, -0.2) is 190 Å². The van der Waals surface area contributed by atoms with Crippen molar-refractivity contribution in [3.05, 3.63) is 11.6 Å². The molecule has 20 heteroatoms. The molecular weight excluding hydrogens is 993 g/mol. The molecule has 3 saturated carbocycles. The van der Waals surface area contributed by atoms with Gasteiger partial charge in [0.15, 0.2) is 25.2 Å². The number of aliphatic hydroxyl groups excluding tert-OH is 2. The normalized spacial score (nSPS) is 48.5. The summed E-state index contributed by atoms with van der Waals surface area (Å²) < 4.78 is 87.6. The largest absolute Gasteiger partial charge is 0.458 e. The third-order valence-corrected chi connectivity index (χ3v) is 19.0. The molecule has 7 fully saturated rings. The van der Waals surface area contributed by atoms with Gasteiger partial charge in [0.1, 0.15) is 54.6 Å². The lowest BCUT2D eigenvalue weighted by atomic mass is 9.44. The number of Topliss-reactive ketones (excluding diaryl/α,β-unsaturated/α-hetero) is 1. The number of rotatable bonds is 17. The zero-order valence-corrected chi connectivity index (χ0v) is 47.3. The number of methoxy groups -OCH3 is 4. The number of fused-ring (bicyclic) bond motifs is 5. The van der Waals surface area contributed by atoms with E-state index in [4.69, 9.17) is 66.3 Å². The van der Waals surface area contributed by atoms with Gasteiger partial charge in [0.05, 0.1) is 54.4 Å². The molecule has 26 atom stereocenters. The van der Waals surface area contributed by atoms with E-state index in [1.807, 2.05) is 41.5 Å². The fourth-order valence-corrected chi connectivity index (χ4v) is 15.1. The Balaban J connectivity index is 0.886. The lowest BCUT2D eigenvalue weighted by Crippen LogP contribution is -2.72. The molecular formula is C56H90O20. The van der Waals surface area contributed by atoms with Gasteiger partial charge in [0, 0.05) is 78.3 Å². The summed E-state index contributed by atoms with van der Waals surface area (Å²) in [5.41, 5.74) is -1.94. The Morgan fingerprint density at radius 1 is 0.671 bits per heavy atom. The first kappa shape index (κ1) is 59.9. The summed E-state index contributed by atoms with van der Waals surface area (Å²) >= 11 is 0. The third kappa shape index (κ3) is 11.4. The molecule has 8 aliphatic rings. The molecule has 0 bridgehead atoms. The summed E-state index contributed by atoms with van der Waals surface area (Å²) in [4.78, 5) is 40.0. The lowest BCUT2D eigenvalue weighted by Gasteiger charge is -2.64. The molecule has 0 radical (unpaired) electrons. The zero-order chi connectivity index (χ0) is 55.3. The van der Waals surface area contributed by atoms with Crippen molar-refractivity contribution >= 4 is 17.7 Å². The average Bonchev–Trinajstić information content (AvgIpc) is 3.86. The Hall–Kier alpha value is -2.25. The standard InChI is InChI=1S/C56H90O20/c1-26(2)21-40(59)73-52-50(71-32(8)58)44-36(56(62)20-18-35(27(3)57)55(52,56)10)16-15-33-22-34(17-19-54(33,44)9)72-41-23-37(63-11)47(29(5)67-41)74-42-24-38(64-12)48(30(6)68-42)75-43-25-39(65-13)49(31(7)69-43)76-53-46(61)51(66-14)45(60)28(4)70-53/h15,26,28-31,34-39,41-53,60-62H,16-25H2,1-14H3/t28?,29?,30?,31?,34-,35+,36+,37?,38?,39?,41?,42?,43?,44?,45?,46?,47?,48?,49?,50?,51?,52+,53?,54-,55-,56-/m0/s1. The van der Waals surface area contributed by atoms with E-state index >= 15 is 0 Å². The molecule has 4 aliphatic carbocycles. The fraction of sp³-hybridized carbons (Fsp3) is 0.911. The van der Waals surface area contributed by atoms with E-state index in [0.29, 0.717) is 57.8 Å². The molecule has 0 spiro atoms. The maximum atomic E-state index is 13.6. The number of carbonyl (C=O) groups excluding carboxylic acids is 3. The quantitative estimate of drug-likeness (QED) is 0.130. The van der Waals surface area contributed by atoms with Crippen LogP contribution in [0.5, 0.6) is 0 Å². The molecule has 0 amide bonds. The van der Waals surface area contributed by atoms with Crippen molar-refractivity contribution in [2.75, 3.05) is 28.4 Å². The van der Waals surface area contributed by atoms with Crippen molar-refractivity contribution in [1.82, 2.24) is 0 Å². The average molecular weight is 1080 g/mol. The molecule has 8 rings (SSSR count). The predicted molar refractivity (Wildman–Crippen MR) is 269 cm³/mol. The highest BCUT2D eigenvalue weighted by atomic mass is 16.8. The van der Waals surface area contributed by atoms with Gasteiger partial charge >= 0.3 is 11.9 Å². The molecule has 0 aromatic heterocycles. The van der Waals surface area contributed by atoms with E-state index in [2.05, 4.69) is 13.0 Å². The molecule has 3 N–H and O–H groups in total. The zero-order valence-electron chi connectivity index (χ0n) is 47.3. The first-order valence-electron chi connectivity index (χ1n) is 27.9. The highest BCUT2D eigenvalue weighted by molar-refractivity contribution is 5.80. The maximum absolute atomic E-state index is 13.6. The second-order valence-corrected chi connectivity index (χ2v) is 24.0. The smallest absolute Gasteiger partial charge is 0.306 e. The van der Waals surface area contributed by atoms with Crippen LogP contribution in [0.2, 0.25) is 0 Å². The number of hydrogen-bond donors (Lipinski definition) is 3. The number of allylic oxidation sites excluding steroid dienone is 1. The molecule has 4 heterocycles. The van der Waals surface area contributed by atoms with E-state index < -0.39 is 157 Å². The Bertz CT molecular complexity index is 2040. The molecule has 4 saturated heterocycles. The van der Waals surface area contributed by atoms with Gasteiger partial charge in [-0.25, -0.2) is 0 Å². The van der Waals surface area contributed by atoms with Crippen molar-refractivity contribution in [1.29, 1.82) is 0 Å². The first-order valence-corrected chi connectivity index (χ1v) is 27.9.